The summed E-state index contributed by atoms with van der Waals surface area (Å²) in [5.41, 5.74) is 10.0. The number of benzene rings is 3. The Kier molecular flexibility index (Phi) is 21.1. The molecule has 3 aromatic heterocycles. The van der Waals surface area contributed by atoms with Gasteiger partial charge in [-0.15, -0.1) is 5.10 Å². The van der Waals surface area contributed by atoms with E-state index in [1.165, 1.54) is 21.6 Å². The fourth-order valence-corrected chi connectivity index (χ4v) is 12.3. The van der Waals surface area contributed by atoms with E-state index in [0.717, 1.165) is 28.3 Å². The van der Waals surface area contributed by atoms with Crippen LogP contribution in [0, 0.1) is 0 Å². The fraction of sp³-hybridized carbons (Fsp3) is 0.420. The number of carbonyl (C=O) groups is 3. The minimum atomic E-state index is -5.97. The molecular weight excluding hydrogens is 1180 g/mol. The van der Waals surface area contributed by atoms with E-state index in [9.17, 15) is 58.1 Å². The van der Waals surface area contributed by atoms with E-state index in [4.69, 9.17) is 29.1 Å². The van der Waals surface area contributed by atoms with Crippen LogP contribution in [0.1, 0.15) is 51.9 Å². The molecule has 85 heavy (non-hydrogen) atoms. The van der Waals surface area contributed by atoms with Crippen molar-refractivity contribution in [3.8, 4) is 22.5 Å². The second-order valence-corrected chi connectivity index (χ2v) is 24.0. The fourth-order valence-electron chi connectivity index (χ4n) is 8.78. The number of rotatable bonds is 30. The summed E-state index contributed by atoms with van der Waals surface area (Å²) in [6.07, 6.45) is -2.06. The van der Waals surface area contributed by atoms with Gasteiger partial charge >= 0.3 is 35.4 Å². The molecule has 3 aliphatic rings. The SMILES string of the molecule is CN(C)c1ccc2c(-c3ccc(C(=O)NCCOCCOCCOCCn4cc(CCCCC(=O)OP(=O)(O)OP(=O)(O)OP(=O)(O)OCC5OC(n6cnc7c(N)ncnc76)C(O)C5O)nn4)cc3C(=O)O)c3ccc(=[N+](C)C)cc-3oc2c1. The molecule has 7 unspecified atom stereocenters. The summed E-state index contributed by atoms with van der Waals surface area (Å²) in [6.45, 7) is 0.977. The quantitative estimate of drug-likeness (QED) is 0.0139. The molecular formula is C50H63N11O21P3+. The first-order valence-corrected chi connectivity index (χ1v) is 30.6. The number of phosphoric acid groups is 3. The van der Waals surface area contributed by atoms with Crippen LogP contribution in [0.25, 0.3) is 44.6 Å². The molecule has 1 amide bonds. The van der Waals surface area contributed by atoms with Gasteiger partial charge in [-0.1, -0.05) is 11.3 Å². The number of aromatic carboxylic acids is 1. The van der Waals surface area contributed by atoms with Crippen molar-refractivity contribution in [3.05, 3.63) is 95.6 Å². The Hall–Kier alpha value is -6.96. The van der Waals surface area contributed by atoms with Gasteiger partial charge in [0.05, 0.1) is 76.4 Å². The number of phosphoric ester groups is 2. The van der Waals surface area contributed by atoms with Crippen molar-refractivity contribution in [2.75, 3.05) is 91.6 Å². The van der Waals surface area contributed by atoms with Crippen molar-refractivity contribution >= 4 is 75.0 Å². The van der Waals surface area contributed by atoms with Crippen molar-refractivity contribution in [2.45, 2.75) is 56.8 Å². The number of fused-ring (bicyclic) bond motifs is 3. The van der Waals surface area contributed by atoms with Crippen LogP contribution in [0.15, 0.2) is 77.9 Å². The van der Waals surface area contributed by atoms with Crippen molar-refractivity contribution in [1.29, 1.82) is 0 Å². The van der Waals surface area contributed by atoms with Gasteiger partial charge in [0.1, 0.15) is 55.6 Å². The number of imidazole rings is 1. The zero-order valence-corrected chi connectivity index (χ0v) is 48.9. The third-order valence-electron chi connectivity index (χ3n) is 12.9. The van der Waals surface area contributed by atoms with E-state index in [0.29, 0.717) is 47.6 Å². The predicted octanol–water partition coefficient (Wildman–Crippen LogP) is 2.72. The normalized spacial score (nSPS) is 18.3. The smallest absolute Gasteiger partial charge is 0.478 e. The number of aromatic nitrogens is 7. The Morgan fingerprint density at radius 1 is 0.835 bits per heavy atom. The number of hydrogen-bond acceptors (Lipinski definition) is 24. The van der Waals surface area contributed by atoms with Gasteiger partial charge in [-0.25, -0.2) is 42.7 Å². The lowest BCUT2D eigenvalue weighted by atomic mass is 9.89. The van der Waals surface area contributed by atoms with E-state index in [-0.39, 0.29) is 80.7 Å². The zero-order chi connectivity index (χ0) is 61.2. The number of nitrogens with zero attached hydrogens (tertiary/aromatic N) is 9. The van der Waals surface area contributed by atoms with Crippen LogP contribution in [0.3, 0.4) is 0 Å². The average molecular weight is 1250 g/mol. The summed E-state index contributed by atoms with van der Waals surface area (Å²) in [6, 6.07) is 16.1. The van der Waals surface area contributed by atoms with Gasteiger partial charge in [-0.3, -0.25) is 23.6 Å². The molecule has 458 valence electrons. The molecule has 8 rings (SSSR count). The number of unbranched alkanes of at least 4 members (excludes halogenated alkanes) is 1. The third kappa shape index (κ3) is 16.7. The maximum atomic E-state index is 13.2. The number of carboxylic acid groups (broad SMARTS) is 1. The number of amides is 1. The molecule has 2 aromatic carbocycles. The Bertz CT molecular complexity index is 3730. The van der Waals surface area contributed by atoms with Gasteiger partial charge in [-0.2, -0.15) is 8.62 Å². The van der Waals surface area contributed by atoms with E-state index >= 15 is 0 Å². The van der Waals surface area contributed by atoms with Crippen LogP contribution < -0.4 is 25.9 Å². The van der Waals surface area contributed by atoms with Gasteiger partial charge in [0.25, 0.3) is 5.91 Å². The molecule has 5 heterocycles. The molecule has 7 atom stereocenters. The average Bonchev–Trinajstić information content (AvgIpc) is 2.00. The van der Waals surface area contributed by atoms with Crippen LogP contribution in [-0.2, 0) is 68.1 Å². The van der Waals surface area contributed by atoms with Crippen LogP contribution in [-0.4, -0.2) is 182 Å². The summed E-state index contributed by atoms with van der Waals surface area (Å²) in [4.78, 5) is 82.0. The number of hydrogen-bond donors (Lipinski definition) is 8. The van der Waals surface area contributed by atoms with Crippen molar-refractivity contribution < 1.29 is 99.1 Å². The highest BCUT2D eigenvalue weighted by Crippen LogP contribution is 2.68. The highest BCUT2D eigenvalue weighted by atomic mass is 31.3. The first-order chi connectivity index (χ1) is 40.4. The van der Waals surface area contributed by atoms with E-state index in [2.05, 4.69) is 48.2 Å². The van der Waals surface area contributed by atoms with Gasteiger partial charge in [-0.05, 0) is 55.2 Å². The molecule has 9 N–H and O–H groups in total. The second-order valence-electron chi connectivity index (χ2n) is 19.4. The predicted molar refractivity (Wildman–Crippen MR) is 298 cm³/mol. The van der Waals surface area contributed by atoms with Crippen LogP contribution in [0.5, 0.6) is 0 Å². The Balaban J connectivity index is 0.667. The monoisotopic (exact) mass is 1250 g/mol. The molecule has 35 heteroatoms. The first-order valence-electron chi connectivity index (χ1n) is 26.1. The Labute approximate surface area is 483 Å². The number of carboxylic acids is 1. The summed E-state index contributed by atoms with van der Waals surface area (Å²) < 4.78 is 87.6. The number of ether oxygens (including phenoxy) is 4. The number of nitrogens with one attached hydrogen (secondary N) is 1. The van der Waals surface area contributed by atoms with Gasteiger partial charge < -0.3 is 68.9 Å². The molecule has 1 aliphatic carbocycles. The first kappa shape index (κ1) is 64.0. The van der Waals surface area contributed by atoms with Crippen molar-refractivity contribution in [3.63, 3.8) is 0 Å². The molecule has 0 bridgehead atoms. The standard InChI is InChI=1S/C50H62N11O21P3/c1-58(2)32-10-13-35-38(24-32)78-39-25-33(59(3)4)11-14-36(39)42(35)34-12-9-30(23-37(34)50(66)67)48(65)52-15-17-74-19-21-76-22-20-75-18-16-60-26-31(56-57-60)7-5-6-8-41(62)80-84(70,71)82-85(72,73)81-83(68,69)77-27-40-44(63)45(64)49(79-40)61-29-55-43-46(51)53-28-54-47(43)61/h9-14,23-26,28-29,40,44-45,49,63-64H,5-8,15-22,27H2,1-4H3,(H6-,51,52,53,54,65,66,67,68,69,70,71,72,73)/p+1. The maximum Gasteiger partial charge on any atom is 0.538 e. The summed E-state index contributed by atoms with van der Waals surface area (Å²) in [5.74, 6) is -2.40. The van der Waals surface area contributed by atoms with Gasteiger partial charge in [0.15, 0.2) is 17.7 Å². The Morgan fingerprint density at radius 2 is 1.55 bits per heavy atom. The number of aliphatic hydroxyl groups is 2. The Morgan fingerprint density at radius 3 is 2.28 bits per heavy atom. The molecule has 5 aromatic rings. The van der Waals surface area contributed by atoms with Crippen LogP contribution in [0.2, 0.25) is 0 Å². The molecule has 32 nitrogen and oxygen atoms in total. The molecule has 0 radical (unpaired) electrons. The lowest BCUT2D eigenvalue weighted by Crippen LogP contribution is -2.33. The van der Waals surface area contributed by atoms with E-state index in [1.807, 2.05) is 74.1 Å². The van der Waals surface area contributed by atoms with Crippen LogP contribution in [0.4, 0.5) is 11.5 Å². The number of aryl methyl sites for hydroxylation is 1. The molecule has 1 saturated heterocycles. The van der Waals surface area contributed by atoms with Crippen LogP contribution >= 0.6 is 23.5 Å². The number of anilines is 2. The maximum absolute atomic E-state index is 13.2. The van der Waals surface area contributed by atoms with Gasteiger partial charge in [0.2, 0.25) is 5.36 Å². The lowest BCUT2D eigenvalue weighted by Gasteiger charge is -2.20. The number of nitrogens with two attached hydrogens (primary N) is 1. The summed E-state index contributed by atoms with van der Waals surface area (Å²) >= 11 is 0. The highest BCUT2D eigenvalue weighted by molar-refractivity contribution is 7.67. The largest absolute Gasteiger partial charge is 0.538 e. The van der Waals surface area contributed by atoms with Gasteiger partial charge in [0, 0.05) is 73.2 Å². The molecule has 1 fully saturated rings. The molecule has 0 saturated carbocycles. The number of carbonyl (C=O) groups excluding carboxylic acids is 2. The highest BCUT2D eigenvalue weighted by Gasteiger charge is 2.48. The van der Waals surface area contributed by atoms with E-state index in [1.54, 1.807) is 18.3 Å². The summed E-state index contributed by atoms with van der Waals surface area (Å²) in [7, 11) is -9.65. The minimum absolute atomic E-state index is 0.0117. The number of aliphatic hydroxyl groups excluding tert-OH is 2. The molecule has 0 spiro atoms. The molecule has 2 aliphatic heterocycles. The van der Waals surface area contributed by atoms with Crippen molar-refractivity contribution in [1.82, 2.24) is 44.4 Å². The third-order valence-corrected chi connectivity index (χ3v) is 17.1. The lowest BCUT2D eigenvalue weighted by molar-refractivity contribution is -0.135. The minimum Gasteiger partial charge on any atom is -0.478 e. The zero-order valence-electron chi connectivity index (χ0n) is 46.2. The van der Waals surface area contributed by atoms with E-state index < -0.39 is 78.9 Å². The topological polar surface area (TPSA) is 429 Å². The summed E-state index contributed by atoms with van der Waals surface area (Å²) in [5, 5.41) is 44.0. The number of nitrogen functional groups attached to an aromatic ring is 1. The van der Waals surface area contributed by atoms with Crippen molar-refractivity contribution in [2.24, 2.45) is 0 Å². The second kappa shape index (κ2) is 28.0.